The van der Waals surface area contributed by atoms with Crippen molar-refractivity contribution < 1.29 is 14.7 Å². The van der Waals surface area contributed by atoms with Crippen molar-refractivity contribution in [2.45, 2.75) is 116 Å². The Bertz CT molecular complexity index is 1100. The van der Waals surface area contributed by atoms with Gasteiger partial charge in [-0.2, -0.15) is 0 Å². The van der Waals surface area contributed by atoms with E-state index in [1.807, 2.05) is 18.0 Å². The number of rotatable bonds is 8. The summed E-state index contributed by atoms with van der Waals surface area (Å²) in [5.41, 5.74) is 2.89. The van der Waals surface area contributed by atoms with Crippen LogP contribution in [0, 0.1) is 11.8 Å². The van der Waals surface area contributed by atoms with E-state index in [-0.39, 0.29) is 41.3 Å². The van der Waals surface area contributed by atoms with Crippen LogP contribution in [0.25, 0.3) is 5.70 Å². The molecule has 6 nitrogen and oxygen atoms in total. The first-order valence-electron chi connectivity index (χ1n) is 15.0. The molecule has 0 bridgehead atoms. The Morgan fingerprint density at radius 2 is 1.72 bits per heavy atom. The summed E-state index contributed by atoms with van der Waals surface area (Å²) < 4.78 is 0. The van der Waals surface area contributed by atoms with E-state index < -0.39 is 5.60 Å². The van der Waals surface area contributed by atoms with Crippen molar-refractivity contribution in [3.8, 4) is 0 Å². The molecule has 0 aromatic heterocycles. The van der Waals surface area contributed by atoms with E-state index in [4.69, 9.17) is 0 Å². The molecule has 2 N–H and O–H groups in total. The molecule has 2 atom stereocenters. The minimum atomic E-state index is -0.964. The van der Waals surface area contributed by atoms with Gasteiger partial charge in [0.15, 0.2) is 0 Å². The molecule has 216 valence electrons. The molecule has 2 aliphatic carbocycles. The number of amides is 2. The van der Waals surface area contributed by atoms with Crippen molar-refractivity contribution in [2.24, 2.45) is 11.8 Å². The lowest BCUT2D eigenvalue weighted by Crippen LogP contribution is -2.45. The predicted molar refractivity (Wildman–Crippen MR) is 158 cm³/mol. The van der Waals surface area contributed by atoms with E-state index in [9.17, 15) is 14.7 Å². The van der Waals surface area contributed by atoms with E-state index in [0.29, 0.717) is 11.5 Å². The Balaban J connectivity index is 1.74. The third-order valence-electron chi connectivity index (χ3n) is 9.32. The molecule has 2 saturated carbocycles. The van der Waals surface area contributed by atoms with E-state index in [0.717, 1.165) is 30.6 Å². The molecule has 2 amide bonds. The van der Waals surface area contributed by atoms with E-state index in [1.165, 1.54) is 37.7 Å². The van der Waals surface area contributed by atoms with Crippen molar-refractivity contribution in [3.05, 3.63) is 41.0 Å². The Kier molecular flexibility index (Phi) is 8.29. The second kappa shape index (κ2) is 10.9. The van der Waals surface area contributed by atoms with Gasteiger partial charge in [-0.25, -0.2) is 0 Å². The zero-order valence-corrected chi connectivity index (χ0v) is 25.6. The fourth-order valence-corrected chi connectivity index (χ4v) is 5.93. The molecule has 0 radical (unpaired) electrons. The Hall–Kier alpha value is -2.34. The normalized spacial score (nSPS) is 23.4. The van der Waals surface area contributed by atoms with Crippen LogP contribution in [0.4, 0.5) is 0 Å². The summed E-state index contributed by atoms with van der Waals surface area (Å²) in [7, 11) is 1.88. The van der Waals surface area contributed by atoms with E-state index in [1.54, 1.807) is 13.8 Å². The van der Waals surface area contributed by atoms with E-state index >= 15 is 0 Å². The molecule has 6 heteroatoms. The first-order chi connectivity index (χ1) is 18.1. The molecule has 0 saturated heterocycles. The maximum absolute atomic E-state index is 13.7. The summed E-state index contributed by atoms with van der Waals surface area (Å²) in [6.07, 6.45) is 10.7. The van der Waals surface area contributed by atoms with Gasteiger partial charge in [0, 0.05) is 43.0 Å². The highest BCUT2D eigenvalue weighted by Crippen LogP contribution is 2.49. The zero-order chi connectivity index (χ0) is 28.8. The minimum absolute atomic E-state index is 0.000278. The van der Waals surface area contributed by atoms with Crippen LogP contribution in [-0.4, -0.2) is 64.0 Å². The number of nitrogens with zero attached hydrogens (tertiary/aromatic N) is 2. The topological polar surface area (TPSA) is 72.9 Å². The van der Waals surface area contributed by atoms with Gasteiger partial charge in [0.25, 0.3) is 5.91 Å². The van der Waals surface area contributed by atoms with Crippen LogP contribution in [0.5, 0.6) is 0 Å². The third-order valence-corrected chi connectivity index (χ3v) is 9.32. The largest absolute Gasteiger partial charge is 0.389 e. The van der Waals surface area contributed by atoms with Crippen LogP contribution in [0.1, 0.15) is 115 Å². The summed E-state index contributed by atoms with van der Waals surface area (Å²) in [5.74, 6) is 0.268. The highest BCUT2D eigenvalue weighted by molar-refractivity contribution is 5.96. The fourth-order valence-electron chi connectivity index (χ4n) is 5.93. The molecule has 39 heavy (non-hydrogen) atoms. The summed E-state index contributed by atoms with van der Waals surface area (Å²) in [6.45, 7) is 15.2. The molecule has 1 aliphatic heterocycles. The number of carbonyl (C=O) groups excluding carboxylic acids is 2. The number of hydrogen-bond acceptors (Lipinski definition) is 4. The van der Waals surface area contributed by atoms with Gasteiger partial charge >= 0.3 is 0 Å². The third kappa shape index (κ3) is 6.87. The van der Waals surface area contributed by atoms with Crippen molar-refractivity contribution in [2.75, 3.05) is 20.1 Å². The molecule has 2 fully saturated rings. The molecule has 4 rings (SSSR count). The lowest BCUT2D eigenvalue weighted by molar-refractivity contribution is -0.125. The molecule has 0 spiro atoms. The van der Waals surface area contributed by atoms with Crippen molar-refractivity contribution in [3.63, 3.8) is 0 Å². The van der Waals surface area contributed by atoms with Crippen molar-refractivity contribution in [1.29, 1.82) is 0 Å². The van der Waals surface area contributed by atoms with Gasteiger partial charge in [-0.1, -0.05) is 26.2 Å². The number of benzene rings is 1. The first-order valence-corrected chi connectivity index (χ1v) is 15.0. The lowest BCUT2D eigenvalue weighted by atomic mass is 9.88. The quantitative estimate of drug-likeness (QED) is 0.444. The smallest absolute Gasteiger partial charge is 0.254 e. The van der Waals surface area contributed by atoms with Gasteiger partial charge < -0.3 is 20.2 Å². The standard InChI is InChI=1S/C33H51N3O3/c1-22-27(29(37)34-21-32(5,6)39)19-28(36(22)20-23-12-10-9-11-13-23)24-16-25(30(38)35(8)31(2,3)4)18-26(17-24)33(7)14-15-33/h16-19,22-23,27,39H,9-15,20-21H2,1-8H3,(H,34,37). The molecule has 3 aliphatic rings. The van der Waals surface area contributed by atoms with Crippen LogP contribution in [0.15, 0.2) is 24.3 Å². The SMILES string of the molecule is CC1C(C(=O)NCC(C)(C)O)C=C(c2cc(C(=O)N(C)C(C)(C)C)cc(C3(C)CC3)c2)N1CC1CCCCC1. The van der Waals surface area contributed by atoms with Crippen molar-refractivity contribution >= 4 is 17.5 Å². The zero-order valence-electron chi connectivity index (χ0n) is 25.6. The fraction of sp³-hybridized carbons (Fsp3) is 0.697. The minimum Gasteiger partial charge on any atom is -0.389 e. The molecule has 2 unspecified atom stereocenters. The van der Waals surface area contributed by atoms with Crippen LogP contribution in [0.3, 0.4) is 0 Å². The average molecular weight is 538 g/mol. The summed E-state index contributed by atoms with van der Waals surface area (Å²) in [5, 5.41) is 13.2. The Morgan fingerprint density at radius 3 is 2.28 bits per heavy atom. The molecule has 1 heterocycles. The van der Waals surface area contributed by atoms with Gasteiger partial charge in [0.2, 0.25) is 5.91 Å². The number of aliphatic hydroxyl groups is 1. The van der Waals surface area contributed by atoms with Crippen LogP contribution >= 0.6 is 0 Å². The second-order valence-electron chi connectivity index (χ2n) is 14.4. The highest BCUT2D eigenvalue weighted by atomic mass is 16.3. The van der Waals surface area contributed by atoms with Gasteiger partial charge in [-0.05, 0) is 114 Å². The number of hydrogen-bond donors (Lipinski definition) is 2. The van der Waals surface area contributed by atoms with Crippen molar-refractivity contribution in [1.82, 2.24) is 15.1 Å². The molecular weight excluding hydrogens is 486 g/mol. The molecule has 1 aromatic carbocycles. The van der Waals surface area contributed by atoms with Gasteiger partial charge in [0.05, 0.1) is 11.5 Å². The maximum atomic E-state index is 13.7. The average Bonchev–Trinajstić information content (AvgIpc) is 3.55. The predicted octanol–water partition coefficient (Wildman–Crippen LogP) is 5.74. The number of carbonyl (C=O) groups is 2. The Labute approximate surface area is 236 Å². The van der Waals surface area contributed by atoms with E-state index in [2.05, 4.69) is 63.0 Å². The van der Waals surface area contributed by atoms with Crippen LogP contribution in [-0.2, 0) is 10.2 Å². The van der Waals surface area contributed by atoms with Crippen LogP contribution < -0.4 is 5.32 Å². The van der Waals surface area contributed by atoms with Gasteiger partial charge in [-0.15, -0.1) is 0 Å². The monoisotopic (exact) mass is 537 g/mol. The number of nitrogens with one attached hydrogen (secondary N) is 1. The molecule has 1 aromatic rings. The van der Waals surface area contributed by atoms with Crippen LogP contribution in [0.2, 0.25) is 0 Å². The second-order valence-corrected chi connectivity index (χ2v) is 14.4. The van der Waals surface area contributed by atoms with Gasteiger partial charge in [0.1, 0.15) is 0 Å². The summed E-state index contributed by atoms with van der Waals surface area (Å²) >= 11 is 0. The summed E-state index contributed by atoms with van der Waals surface area (Å²) in [4.78, 5) is 31.3. The molecular formula is C33H51N3O3. The first kappa shape index (κ1) is 29.6. The highest BCUT2D eigenvalue weighted by Gasteiger charge is 2.42. The summed E-state index contributed by atoms with van der Waals surface area (Å²) in [6, 6.07) is 6.41. The lowest BCUT2D eigenvalue weighted by Gasteiger charge is -2.35. The maximum Gasteiger partial charge on any atom is 0.254 e. The van der Waals surface area contributed by atoms with Gasteiger partial charge in [-0.3, -0.25) is 9.59 Å². The Morgan fingerprint density at radius 1 is 1.08 bits per heavy atom.